The molecule has 13 heavy (non-hydrogen) atoms. The molecule has 0 fully saturated rings. The first-order valence-corrected chi connectivity index (χ1v) is 5.11. The zero-order valence-corrected chi connectivity index (χ0v) is 8.96. The quantitative estimate of drug-likeness (QED) is 0.808. The molecule has 0 unspecified atom stereocenters. The molecule has 0 spiro atoms. The van der Waals surface area contributed by atoms with Crippen molar-refractivity contribution in [2.75, 3.05) is 13.2 Å². The first-order chi connectivity index (χ1) is 6.33. The summed E-state index contributed by atoms with van der Waals surface area (Å²) in [6.07, 6.45) is 1.69. The Bertz CT molecular complexity index is 250. The molecule has 0 heterocycles. The minimum absolute atomic E-state index is 0.238. The van der Waals surface area contributed by atoms with Gasteiger partial charge in [0.2, 0.25) is 0 Å². The molecule has 0 saturated heterocycles. The molecule has 0 atom stereocenters. The van der Waals surface area contributed by atoms with Crippen molar-refractivity contribution in [2.24, 2.45) is 0 Å². The molecule has 0 bridgehead atoms. The van der Waals surface area contributed by atoms with Gasteiger partial charge in [-0.15, -0.1) is 0 Å². The summed E-state index contributed by atoms with van der Waals surface area (Å²) in [5.41, 5.74) is 0. The van der Waals surface area contributed by atoms with Crippen LogP contribution in [0.5, 0.6) is 5.75 Å². The lowest BCUT2D eigenvalue weighted by Gasteiger charge is -2.05. The van der Waals surface area contributed by atoms with E-state index in [1.54, 1.807) is 0 Å². The van der Waals surface area contributed by atoms with Crippen molar-refractivity contribution in [3.05, 3.63) is 28.7 Å². The molecule has 3 heteroatoms. The summed E-state index contributed by atoms with van der Waals surface area (Å²) in [6.45, 7) is 0.902. The van der Waals surface area contributed by atoms with Crippen LogP contribution >= 0.6 is 15.9 Å². The summed E-state index contributed by atoms with van der Waals surface area (Å²) >= 11 is 3.36. The first kappa shape index (κ1) is 10.5. The Morgan fingerprint density at radius 2 is 2.15 bits per heavy atom. The number of unbranched alkanes of at least 4 members (excludes halogenated alkanes) is 1. The number of aliphatic hydroxyl groups excluding tert-OH is 1. The molecule has 1 aromatic rings. The highest BCUT2D eigenvalue weighted by Crippen LogP contribution is 2.17. The van der Waals surface area contributed by atoms with Gasteiger partial charge in [-0.05, 0) is 31.0 Å². The Balaban J connectivity index is 2.28. The fourth-order valence-corrected chi connectivity index (χ4v) is 1.34. The van der Waals surface area contributed by atoms with Crippen LogP contribution in [-0.2, 0) is 0 Å². The zero-order chi connectivity index (χ0) is 9.52. The summed E-state index contributed by atoms with van der Waals surface area (Å²) < 4.78 is 6.47. The molecule has 1 rings (SSSR count). The molecule has 0 saturated carbocycles. The van der Waals surface area contributed by atoms with E-state index < -0.39 is 0 Å². The van der Waals surface area contributed by atoms with Gasteiger partial charge in [0.1, 0.15) is 5.75 Å². The molecule has 2 nitrogen and oxygen atoms in total. The van der Waals surface area contributed by atoms with Crippen LogP contribution in [0.15, 0.2) is 28.7 Å². The molecule has 0 aromatic heterocycles. The van der Waals surface area contributed by atoms with Crippen molar-refractivity contribution >= 4 is 15.9 Å². The lowest BCUT2D eigenvalue weighted by Crippen LogP contribution is -1.98. The first-order valence-electron chi connectivity index (χ1n) is 4.32. The molecule has 0 radical (unpaired) electrons. The van der Waals surface area contributed by atoms with Crippen molar-refractivity contribution in [3.8, 4) is 5.75 Å². The normalized spacial score (nSPS) is 10.0. The monoisotopic (exact) mass is 244 g/mol. The number of benzene rings is 1. The van der Waals surface area contributed by atoms with Gasteiger partial charge in [0, 0.05) is 11.1 Å². The Hall–Kier alpha value is -0.540. The summed E-state index contributed by atoms with van der Waals surface area (Å²) in [6, 6.07) is 7.74. The van der Waals surface area contributed by atoms with Gasteiger partial charge >= 0.3 is 0 Å². The second-order valence-electron chi connectivity index (χ2n) is 2.74. The molecule has 0 aliphatic heterocycles. The minimum Gasteiger partial charge on any atom is -0.494 e. The van der Waals surface area contributed by atoms with E-state index in [4.69, 9.17) is 9.84 Å². The Labute approximate surface area is 86.7 Å². The third-order valence-corrected chi connectivity index (χ3v) is 2.11. The molecule has 0 aliphatic carbocycles. The molecular formula is C10H13BrO2. The van der Waals surface area contributed by atoms with Gasteiger partial charge in [0.15, 0.2) is 0 Å². The maximum atomic E-state index is 8.54. The Morgan fingerprint density at radius 1 is 1.31 bits per heavy atom. The second kappa shape index (κ2) is 6.00. The fourth-order valence-electron chi connectivity index (χ4n) is 0.961. The Kier molecular flexibility index (Phi) is 4.86. The number of hydrogen-bond acceptors (Lipinski definition) is 2. The van der Waals surface area contributed by atoms with Crippen molar-refractivity contribution in [2.45, 2.75) is 12.8 Å². The van der Waals surface area contributed by atoms with Crippen LogP contribution in [0.1, 0.15) is 12.8 Å². The predicted molar refractivity (Wildman–Crippen MR) is 56.0 cm³/mol. The summed E-state index contributed by atoms with van der Waals surface area (Å²) in [5.74, 6) is 0.868. The van der Waals surface area contributed by atoms with Gasteiger partial charge in [-0.2, -0.15) is 0 Å². The zero-order valence-electron chi connectivity index (χ0n) is 7.37. The van der Waals surface area contributed by atoms with Crippen molar-refractivity contribution in [1.29, 1.82) is 0 Å². The van der Waals surface area contributed by atoms with Crippen LogP contribution in [0.3, 0.4) is 0 Å². The molecule has 0 aliphatic rings. The van der Waals surface area contributed by atoms with E-state index in [9.17, 15) is 0 Å². The highest BCUT2D eigenvalue weighted by Gasteiger charge is 1.93. The van der Waals surface area contributed by atoms with Gasteiger partial charge in [-0.25, -0.2) is 0 Å². The average Bonchev–Trinajstić information content (AvgIpc) is 2.13. The summed E-state index contributed by atoms with van der Waals surface area (Å²) in [4.78, 5) is 0. The number of hydrogen-bond donors (Lipinski definition) is 1. The summed E-state index contributed by atoms with van der Waals surface area (Å²) in [5, 5.41) is 8.54. The molecule has 1 N–H and O–H groups in total. The largest absolute Gasteiger partial charge is 0.494 e. The molecule has 1 aromatic carbocycles. The fraction of sp³-hybridized carbons (Fsp3) is 0.400. The van der Waals surface area contributed by atoms with Crippen LogP contribution < -0.4 is 4.74 Å². The highest BCUT2D eigenvalue weighted by atomic mass is 79.9. The van der Waals surface area contributed by atoms with E-state index in [2.05, 4.69) is 15.9 Å². The van der Waals surface area contributed by atoms with Crippen LogP contribution in [0.25, 0.3) is 0 Å². The van der Waals surface area contributed by atoms with E-state index in [-0.39, 0.29) is 6.61 Å². The van der Waals surface area contributed by atoms with E-state index in [0.29, 0.717) is 6.61 Å². The van der Waals surface area contributed by atoms with Crippen LogP contribution in [0, 0.1) is 0 Å². The topological polar surface area (TPSA) is 29.5 Å². The maximum absolute atomic E-state index is 8.54. The van der Waals surface area contributed by atoms with Crippen molar-refractivity contribution in [3.63, 3.8) is 0 Å². The second-order valence-corrected chi connectivity index (χ2v) is 3.65. The van der Waals surface area contributed by atoms with E-state index in [0.717, 1.165) is 23.1 Å². The van der Waals surface area contributed by atoms with Crippen molar-refractivity contribution in [1.82, 2.24) is 0 Å². The standard InChI is InChI=1S/C10H13BrO2/c11-9-4-3-5-10(8-9)13-7-2-1-6-12/h3-5,8,12H,1-2,6-7H2. The SMILES string of the molecule is OCCCCOc1cccc(Br)c1. The van der Waals surface area contributed by atoms with Gasteiger partial charge in [0.25, 0.3) is 0 Å². The van der Waals surface area contributed by atoms with Gasteiger partial charge in [-0.3, -0.25) is 0 Å². The average molecular weight is 245 g/mol. The maximum Gasteiger partial charge on any atom is 0.120 e. The van der Waals surface area contributed by atoms with Crippen LogP contribution in [-0.4, -0.2) is 18.3 Å². The van der Waals surface area contributed by atoms with E-state index in [1.807, 2.05) is 24.3 Å². The van der Waals surface area contributed by atoms with Crippen LogP contribution in [0.2, 0.25) is 0 Å². The summed E-state index contributed by atoms with van der Waals surface area (Å²) in [7, 11) is 0. The number of aliphatic hydroxyl groups is 1. The molecule has 0 amide bonds. The van der Waals surface area contributed by atoms with Gasteiger partial charge in [0.05, 0.1) is 6.61 Å². The highest BCUT2D eigenvalue weighted by molar-refractivity contribution is 9.10. The van der Waals surface area contributed by atoms with Crippen LogP contribution in [0.4, 0.5) is 0 Å². The minimum atomic E-state index is 0.238. The molecular weight excluding hydrogens is 232 g/mol. The Morgan fingerprint density at radius 3 is 2.85 bits per heavy atom. The lowest BCUT2D eigenvalue weighted by atomic mass is 10.3. The smallest absolute Gasteiger partial charge is 0.120 e. The number of halogens is 1. The van der Waals surface area contributed by atoms with E-state index >= 15 is 0 Å². The van der Waals surface area contributed by atoms with Gasteiger partial charge < -0.3 is 9.84 Å². The predicted octanol–water partition coefficient (Wildman–Crippen LogP) is 2.60. The molecule has 72 valence electrons. The van der Waals surface area contributed by atoms with Crippen molar-refractivity contribution < 1.29 is 9.84 Å². The third kappa shape index (κ3) is 4.29. The lowest BCUT2D eigenvalue weighted by molar-refractivity contribution is 0.253. The number of rotatable bonds is 5. The van der Waals surface area contributed by atoms with Gasteiger partial charge in [-0.1, -0.05) is 22.0 Å². The third-order valence-electron chi connectivity index (χ3n) is 1.62. The number of ether oxygens (including phenoxy) is 1. The van der Waals surface area contributed by atoms with E-state index in [1.165, 1.54) is 0 Å².